The van der Waals surface area contributed by atoms with Gasteiger partial charge in [0.05, 0.1) is 22.5 Å². The summed E-state index contributed by atoms with van der Waals surface area (Å²) in [5.74, 6) is 0.904. The minimum Gasteiger partial charge on any atom is -0.393 e. The van der Waals surface area contributed by atoms with Crippen LogP contribution in [0.4, 0.5) is 0 Å². The van der Waals surface area contributed by atoms with Crippen molar-refractivity contribution in [1.82, 2.24) is 4.90 Å². The number of aliphatic hydroxyl groups is 1. The fourth-order valence-corrected chi connectivity index (χ4v) is 4.78. The maximum absolute atomic E-state index is 12.2. The van der Waals surface area contributed by atoms with Gasteiger partial charge in [0.2, 0.25) is 0 Å². The number of Topliss-reactive ketones (excluding diaryl/α,β-unsaturated/α-hetero) is 1. The Bertz CT molecular complexity index is 505. The van der Waals surface area contributed by atoms with Crippen molar-refractivity contribution in [3.8, 4) is 0 Å². The van der Waals surface area contributed by atoms with Crippen molar-refractivity contribution < 1.29 is 9.90 Å². The van der Waals surface area contributed by atoms with Crippen molar-refractivity contribution in [3.63, 3.8) is 0 Å². The molecule has 0 amide bonds. The number of nitrogens with zero attached hydrogens (tertiary/aromatic N) is 1. The standard InChI is InChI=1S/C13H15Cl2NO2S/c14-12-3-8(13(15)19-12)11(18)6-16-4-7-1-2-10(17)9(7)5-16/h3,7,9-10,17H,1-2,4-6H2. The van der Waals surface area contributed by atoms with Crippen LogP contribution in [0, 0.1) is 11.8 Å². The molecule has 104 valence electrons. The van der Waals surface area contributed by atoms with Gasteiger partial charge in [-0.2, -0.15) is 0 Å². The number of rotatable bonds is 3. The highest BCUT2D eigenvalue weighted by molar-refractivity contribution is 7.20. The topological polar surface area (TPSA) is 40.5 Å². The summed E-state index contributed by atoms with van der Waals surface area (Å²) >= 11 is 13.1. The molecule has 1 aliphatic heterocycles. The lowest BCUT2D eigenvalue weighted by molar-refractivity contribution is 0.0920. The number of likely N-dealkylation sites (tertiary alicyclic amines) is 1. The van der Waals surface area contributed by atoms with Crippen molar-refractivity contribution in [1.29, 1.82) is 0 Å². The van der Waals surface area contributed by atoms with Crippen molar-refractivity contribution >= 4 is 40.3 Å². The van der Waals surface area contributed by atoms with E-state index in [2.05, 4.69) is 4.90 Å². The van der Waals surface area contributed by atoms with E-state index >= 15 is 0 Å². The number of aliphatic hydroxyl groups excluding tert-OH is 1. The molecule has 1 aliphatic carbocycles. The van der Waals surface area contributed by atoms with Gasteiger partial charge in [0.1, 0.15) is 4.34 Å². The molecule has 3 nitrogen and oxygen atoms in total. The van der Waals surface area contributed by atoms with Crippen LogP contribution in [0.15, 0.2) is 6.07 Å². The molecule has 0 radical (unpaired) electrons. The minimum absolute atomic E-state index is 0.0163. The number of hydrogen-bond acceptors (Lipinski definition) is 4. The van der Waals surface area contributed by atoms with Crippen LogP contribution in [0.2, 0.25) is 8.67 Å². The molecule has 1 N–H and O–H groups in total. The van der Waals surface area contributed by atoms with E-state index in [4.69, 9.17) is 23.2 Å². The zero-order chi connectivity index (χ0) is 13.6. The Kier molecular flexibility index (Phi) is 3.89. The van der Waals surface area contributed by atoms with Crippen molar-refractivity contribution in [2.75, 3.05) is 19.6 Å². The second-order valence-corrected chi connectivity index (χ2v) is 7.71. The van der Waals surface area contributed by atoms with Crippen LogP contribution in [0.1, 0.15) is 23.2 Å². The van der Waals surface area contributed by atoms with Gasteiger partial charge in [0, 0.05) is 19.0 Å². The number of ketones is 1. The summed E-state index contributed by atoms with van der Waals surface area (Å²) in [7, 11) is 0. The van der Waals surface area contributed by atoms with Crippen LogP contribution >= 0.6 is 34.5 Å². The number of hydrogen-bond donors (Lipinski definition) is 1. The van der Waals surface area contributed by atoms with E-state index in [1.54, 1.807) is 6.07 Å². The zero-order valence-corrected chi connectivity index (χ0v) is 12.6. The number of carbonyl (C=O) groups excluding carboxylic acids is 1. The molecule has 0 spiro atoms. The van der Waals surface area contributed by atoms with E-state index in [1.807, 2.05) is 0 Å². The van der Waals surface area contributed by atoms with E-state index in [0.29, 0.717) is 32.6 Å². The van der Waals surface area contributed by atoms with Crippen LogP contribution in [-0.4, -0.2) is 41.5 Å². The van der Waals surface area contributed by atoms with Gasteiger partial charge in [-0.15, -0.1) is 11.3 Å². The fourth-order valence-electron chi connectivity index (χ4n) is 3.28. The first-order chi connectivity index (χ1) is 9.04. The molecule has 3 rings (SSSR count). The summed E-state index contributed by atoms with van der Waals surface area (Å²) in [4.78, 5) is 14.3. The average Bonchev–Trinajstić information content (AvgIpc) is 2.97. The van der Waals surface area contributed by atoms with Crippen molar-refractivity contribution in [2.45, 2.75) is 18.9 Å². The molecular weight excluding hydrogens is 305 g/mol. The number of carbonyl (C=O) groups is 1. The van der Waals surface area contributed by atoms with Crippen molar-refractivity contribution in [3.05, 3.63) is 20.3 Å². The molecule has 3 atom stereocenters. The first-order valence-corrected chi connectivity index (χ1v) is 8.00. The molecule has 0 bridgehead atoms. The molecule has 3 unspecified atom stereocenters. The Morgan fingerprint density at radius 2 is 2.21 bits per heavy atom. The summed E-state index contributed by atoms with van der Waals surface area (Å²) in [5, 5.41) is 9.87. The zero-order valence-electron chi connectivity index (χ0n) is 10.3. The smallest absolute Gasteiger partial charge is 0.179 e. The largest absolute Gasteiger partial charge is 0.393 e. The van der Waals surface area contributed by atoms with Gasteiger partial charge in [-0.3, -0.25) is 9.69 Å². The van der Waals surface area contributed by atoms with Crippen molar-refractivity contribution in [2.24, 2.45) is 11.8 Å². The third-order valence-electron chi connectivity index (χ3n) is 4.22. The summed E-state index contributed by atoms with van der Waals surface area (Å²) in [6.07, 6.45) is 1.79. The summed E-state index contributed by atoms with van der Waals surface area (Å²) in [6, 6.07) is 1.64. The molecule has 0 aromatic carbocycles. The van der Waals surface area contributed by atoms with Crippen LogP contribution in [0.5, 0.6) is 0 Å². The second-order valence-electron chi connectivity index (χ2n) is 5.42. The molecular formula is C13H15Cl2NO2S. The predicted molar refractivity (Wildman–Crippen MR) is 77.3 cm³/mol. The van der Waals surface area contributed by atoms with Crippen LogP contribution in [-0.2, 0) is 0 Å². The molecule has 1 aromatic rings. The van der Waals surface area contributed by atoms with Gasteiger partial charge < -0.3 is 5.11 Å². The first-order valence-electron chi connectivity index (χ1n) is 6.43. The highest BCUT2D eigenvalue weighted by atomic mass is 35.5. The molecule has 1 saturated heterocycles. The van der Waals surface area contributed by atoms with Gasteiger partial charge >= 0.3 is 0 Å². The lowest BCUT2D eigenvalue weighted by atomic mass is 10.00. The van der Waals surface area contributed by atoms with Crippen LogP contribution in [0.3, 0.4) is 0 Å². The molecule has 1 saturated carbocycles. The lowest BCUT2D eigenvalue weighted by Crippen LogP contribution is -2.30. The Morgan fingerprint density at radius 1 is 1.42 bits per heavy atom. The normalized spacial score (nSPS) is 30.8. The Hall–Kier alpha value is -0.130. The molecule has 1 aromatic heterocycles. The average molecular weight is 320 g/mol. The minimum atomic E-state index is -0.190. The van der Waals surface area contributed by atoms with Gasteiger partial charge in [-0.1, -0.05) is 23.2 Å². The lowest BCUT2D eigenvalue weighted by Gasteiger charge is -2.16. The maximum Gasteiger partial charge on any atom is 0.179 e. The van der Waals surface area contributed by atoms with E-state index in [1.165, 1.54) is 11.3 Å². The highest BCUT2D eigenvalue weighted by Crippen LogP contribution is 2.38. The fraction of sp³-hybridized carbons (Fsp3) is 0.615. The van der Waals surface area contributed by atoms with Gasteiger partial charge in [-0.05, 0) is 24.8 Å². The molecule has 2 heterocycles. The van der Waals surface area contributed by atoms with E-state index < -0.39 is 0 Å². The summed E-state index contributed by atoms with van der Waals surface area (Å²) in [5.41, 5.74) is 0.522. The number of halogens is 2. The Balaban J connectivity index is 1.64. The van der Waals surface area contributed by atoms with Crippen LogP contribution < -0.4 is 0 Å². The molecule has 19 heavy (non-hydrogen) atoms. The molecule has 2 aliphatic rings. The number of fused-ring (bicyclic) bond motifs is 1. The first kappa shape index (κ1) is 13.8. The summed E-state index contributed by atoms with van der Waals surface area (Å²) in [6.45, 7) is 2.09. The molecule has 6 heteroatoms. The van der Waals surface area contributed by atoms with E-state index in [0.717, 1.165) is 25.9 Å². The summed E-state index contributed by atoms with van der Waals surface area (Å²) < 4.78 is 1.01. The Morgan fingerprint density at radius 3 is 2.84 bits per heavy atom. The SMILES string of the molecule is O=C(CN1CC2CCC(O)C2C1)c1cc(Cl)sc1Cl. The van der Waals surface area contributed by atoms with Crippen LogP contribution in [0.25, 0.3) is 0 Å². The van der Waals surface area contributed by atoms with E-state index in [-0.39, 0.29) is 11.9 Å². The highest BCUT2D eigenvalue weighted by Gasteiger charge is 2.42. The Labute approximate surface area is 126 Å². The van der Waals surface area contributed by atoms with Gasteiger partial charge in [0.25, 0.3) is 0 Å². The molecule has 2 fully saturated rings. The van der Waals surface area contributed by atoms with Gasteiger partial charge in [0.15, 0.2) is 5.78 Å². The third-order valence-corrected chi connectivity index (χ3v) is 5.71. The predicted octanol–water partition coefficient (Wildman–Crippen LogP) is 2.94. The quantitative estimate of drug-likeness (QED) is 0.871. The maximum atomic E-state index is 12.2. The monoisotopic (exact) mass is 319 g/mol. The number of thiophene rings is 1. The third kappa shape index (κ3) is 2.69. The van der Waals surface area contributed by atoms with Gasteiger partial charge in [-0.25, -0.2) is 0 Å². The van der Waals surface area contributed by atoms with E-state index in [9.17, 15) is 9.90 Å². The second kappa shape index (κ2) is 5.34.